The van der Waals surface area contributed by atoms with Gasteiger partial charge in [-0.25, -0.2) is 4.68 Å². The Labute approximate surface area is 150 Å². The van der Waals surface area contributed by atoms with Crippen LogP contribution in [0.15, 0.2) is 6.20 Å². The van der Waals surface area contributed by atoms with Gasteiger partial charge in [0.05, 0.1) is 11.7 Å². The number of aromatic nitrogens is 3. The molecular weight excluding hydrogens is 318 g/mol. The second kappa shape index (κ2) is 7.97. The molecule has 7 nitrogen and oxygen atoms in total. The molecule has 0 aromatic carbocycles. The highest BCUT2D eigenvalue weighted by molar-refractivity contribution is 5.86. The van der Waals surface area contributed by atoms with E-state index in [1.54, 1.807) is 0 Å². The van der Waals surface area contributed by atoms with Gasteiger partial charge in [0.1, 0.15) is 6.04 Å². The lowest BCUT2D eigenvalue weighted by Crippen LogP contribution is -2.50. The van der Waals surface area contributed by atoms with Crippen LogP contribution in [0.1, 0.15) is 72.0 Å². The maximum absolute atomic E-state index is 12.7. The lowest BCUT2D eigenvalue weighted by Gasteiger charge is -2.34. The highest BCUT2D eigenvalue weighted by atomic mass is 16.2. The molecule has 2 rings (SSSR count). The fourth-order valence-corrected chi connectivity index (χ4v) is 3.16. The van der Waals surface area contributed by atoms with Gasteiger partial charge in [-0.1, -0.05) is 39.3 Å². The van der Waals surface area contributed by atoms with E-state index >= 15 is 0 Å². The predicted molar refractivity (Wildman–Crippen MR) is 96.1 cm³/mol. The monoisotopic (exact) mass is 349 g/mol. The zero-order chi connectivity index (χ0) is 18.6. The molecule has 0 bridgehead atoms. The van der Waals surface area contributed by atoms with Gasteiger partial charge in [-0.3, -0.25) is 9.59 Å². The zero-order valence-corrected chi connectivity index (χ0v) is 16.1. The molecule has 1 aliphatic rings. The summed E-state index contributed by atoms with van der Waals surface area (Å²) >= 11 is 0. The minimum absolute atomic E-state index is 0.0132. The summed E-state index contributed by atoms with van der Waals surface area (Å²) in [6, 6.07) is -0.129. The van der Waals surface area contributed by atoms with Crippen LogP contribution in [0, 0.1) is 0 Å². The number of carbonyl (C=O) groups excluding carboxylic acids is 2. The van der Waals surface area contributed by atoms with E-state index in [-0.39, 0.29) is 23.3 Å². The molecule has 7 heteroatoms. The summed E-state index contributed by atoms with van der Waals surface area (Å²) in [6.07, 6.45) is 5.28. The summed E-state index contributed by atoms with van der Waals surface area (Å²) in [6.45, 7) is 11.2. The van der Waals surface area contributed by atoms with Gasteiger partial charge in [0, 0.05) is 31.6 Å². The number of nitrogens with zero attached hydrogens (tertiary/aromatic N) is 4. The van der Waals surface area contributed by atoms with Crippen LogP contribution in [-0.4, -0.2) is 50.8 Å². The molecule has 1 atom stereocenters. The molecule has 1 aromatic heterocycles. The molecule has 0 aliphatic carbocycles. The average Bonchev–Trinajstić information content (AvgIpc) is 3.04. The van der Waals surface area contributed by atoms with Gasteiger partial charge in [-0.2, -0.15) is 0 Å². The highest BCUT2D eigenvalue weighted by Crippen LogP contribution is 2.25. The largest absolute Gasteiger partial charge is 0.345 e. The first-order chi connectivity index (χ1) is 11.7. The molecule has 1 saturated heterocycles. The third-order valence-corrected chi connectivity index (χ3v) is 4.68. The minimum atomic E-state index is -0.405. The lowest BCUT2D eigenvalue weighted by molar-refractivity contribution is -0.137. The number of piperidine rings is 1. The quantitative estimate of drug-likeness (QED) is 0.882. The van der Waals surface area contributed by atoms with Crippen molar-refractivity contribution in [1.29, 1.82) is 0 Å². The molecule has 1 N–H and O–H groups in total. The average molecular weight is 349 g/mol. The minimum Gasteiger partial charge on any atom is -0.345 e. The number of nitrogens with one attached hydrogen (secondary N) is 1. The molecule has 0 radical (unpaired) electrons. The van der Waals surface area contributed by atoms with Crippen molar-refractivity contribution in [3.63, 3.8) is 0 Å². The van der Waals surface area contributed by atoms with E-state index in [0.29, 0.717) is 19.5 Å². The van der Waals surface area contributed by atoms with E-state index in [4.69, 9.17) is 0 Å². The Hall–Kier alpha value is -1.92. The Morgan fingerprint density at radius 1 is 1.32 bits per heavy atom. The third-order valence-electron chi connectivity index (χ3n) is 4.68. The predicted octanol–water partition coefficient (Wildman–Crippen LogP) is 2.04. The van der Waals surface area contributed by atoms with Crippen LogP contribution in [0.2, 0.25) is 0 Å². The van der Waals surface area contributed by atoms with Crippen LogP contribution >= 0.6 is 0 Å². The van der Waals surface area contributed by atoms with Crippen LogP contribution in [-0.2, 0) is 15.0 Å². The van der Waals surface area contributed by atoms with Crippen LogP contribution in [0.4, 0.5) is 0 Å². The van der Waals surface area contributed by atoms with Gasteiger partial charge in [-0.15, -0.1) is 5.10 Å². The van der Waals surface area contributed by atoms with Gasteiger partial charge in [0.15, 0.2) is 0 Å². The fraction of sp³-hybridized carbons (Fsp3) is 0.778. The number of hydrogen-bond acceptors (Lipinski definition) is 4. The summed E-state index contributed by atoms with van der Waals surface area (Å²) in [5, 5.41) is 11.4. The van der Waals surface area contributed by atoms with Crippen molar-refractivity contribution in [1.82, 2.24) is 25.2 Å². The maximum atomic E-state index is 12.7. The molecule has 140 valence electrons. The summed E-state index contributed by atoms with van der Waals surface area (Å²) < 4.78 is 1.94. The lowest BCUT2D eigenvalue weighted by atomic mass is 9.93. The van der Waals surface area contributed by atoms with Crippen LogP contribution in [0.25, 0.3) is 0 Å². The van der Waals surface area contributed by atoms with Gasteiger partial charge in [0.2, 0.25) is 11.8 Å². The second-order valence-corrected chi connectivity index (χ2v) is 7.93. The summed E-state index contributed by atoms with van der Waals surface area (Å²) in [4.78, 5) is 25.9. The van der Waals surface area contributed by atoms with E-state index in [9.17, 15) is 9.59 Å². The molecule has 1 fully saturated rings. The number of hydrogen-bond donors (Lipinski definition) is 1. The molecule has 2 amide bonds. The fourth-order valence-electron chi connectivity index (χ4n) is 3.16. The molecule has 1 aliphatic heterocycles. The van der Waals surface area contributed by atoms with E-state index < -0.39 is 6.04 Å². The molecule has 25 heavy (non-hydrogen) atoms. The third kappa shape index (κ3) is 5.03. The first-order valence-corrected chi connectivity index (χ1v) is 9.20. The van der Waals surface area contributed by atoms with Gasteiger partial charge in [-0.05, 0) is 19.3 Å². The SMILES string of the molecule is CCCC(NC(C)=O)C(=O)N1CCC(n2cc(C(C)(C)C)nn2)CC1. The summed E-state index contributed by atoms with van der Waals surface area (Å²) in [5.74, 6) is -0.122. The van der Waals surface area contributed by atoms with Crippen LogP contribution in [0.5, 0.6) is 0 Å². The number of amides is 2. The van der Waals surface area contributed by atoms with E-state index in [1.807, 2.05) is 22.7 Å². The van der Waals surface area contributed by atoms with Crippen molar-refractivity contribution in [2.75, 3.05) is 13.1 Å². The normalized spacial score (nSPS) is 17.4. The maximum Gasteiger partial charge on any atom is 0.245 e. The van der Waals surface area contributed by atoms with Gasteiger partial charge >= 0.3 is 0 Å². The Morgan fingerprint density at radius 3 is 2.44 bits per heavy atom. The van der Waals surface area contributed by atoms with E-state index in [1.165, 1.54) is 6.92 Å². The van der Waals surface area contributed by atoms with Crippen molar-refractivity contribution < 1.29 is 9.59 Å². The summed E-state index contributed by atoms with van der Waals surface area (Å²) in [5.41, 5.74) is 0.973. The van der Waals surface area contributed by atoms with Crippen molar-refractivity contribution in [2.24, 2.45) is 0 Å². The molecule has 0 spiro atoms. The van der Waals surface area contributed by atoms with Crippen molar-refractivity contribution in [3.05, 3.63) is 11.9 Å². The smallest absolute Gasteiger partial charge is 0.245 e. The molecule has 1 aromatic rings. The van der Waals surface area contributed by atoms with Crippen molar-refractivity contribution >= 4 is 11.8 Å². The zero-order valence-electron chi connectivity index (χ0n) is 16.1. The standard InChI is InChI=1S/C18H31N5O2/c1-6-7-15(19-13(2)24)17(25)22-10-8-14(9-11-22)23-12-16(20-21-23)18(3,4)5/h12,14-15H,6-11H2,1-5H3,(H,19,24). The van der Waals surface area contributed by atoms with E-state index in [2.05, 4.69) is 36.4 Å². The second-order valence-electron chi connectivity index (χ2n) is 7.93. The Bertz CT molecular complexity index is 597. The van der Waals surface area contributed by atoms with Gasteiger partial charge in [0.25, 0.3) is 0 Å². The molecular formula is C18H31N5O2. The van der Waals surface area contributed by atoms with E-state index in [0.717, 1.165) is 25.0 Å². The first kappa shape index (κ1) is 19.4. The number of rotatable bonds is 5. The molecule has 1 unspecified atom stereocenters. The van der Waals surface area contributed by atoms with Gasteiger partial charge < -0.3 is 10.2 Å². The molecule has 2 heterocycles. The van der Waals surface area contributed by atoms with Crippen LogP contribution < -0.4 is 5.32 Å². The summed E-state index contributed by atoms with van der Waals surface area (Å²) in [7, 11) is 0. The highest BCUT2D eigenvalue weighted by Gasteiger charge is 2.30. The first-order valence-electron chi connectivity index (χ1n) is 9.20. The molecule has 0 saturated carbocycles. The number of likely N-dealkylation sites (tertiary alicyclic amines) is 1. The topological polar surface area (TPSA) is 80.1 Å². The Morgan fingerprint density at radius 2 is 1.96 bits per heavy atom. The number of carbonyl (C=O) groups is 2. The van der Waals surface area contributed by atoms with Crippen molar-refractivity contribution in [3.8, 4) is 0 Å². The Balaban J connectivity index is 1.95. The van der Waals surface area contributed by atoms with Crippen LogP contribution in [0.3, 0.4) is 0 Å². The Kier molecular flexibility index (Phi) is 6.19. The van der Waals surface area contributed by atoms with Crippen molar-refractivity contribution in [2.45, 2.75) is 77.8 Å².